The van der Waals surface area contributed by atoms with Gasteiger partial charge in [0.2, 0.25) is 5.91 Å². The van der Waals surface area contributed by atoms with Gasteiger partial charge in [-0.1, -0.05) is 27.7 Å². The van der Waals surface area contributed by atoms with E-state index in [4.69, 9.17) is 0 Å². The van der Waals surface area contributed by atoms with Gasteiger partial charge in [-0.15, -0.1) is 0 Å². The highest BCUT2D eigenvalue weighted by Crippen LogP contribution is 2.32. The molecule has 1 aromatic carbocycles. The number of ketones is 1. The zero-order valence-corrected chi connectivity index (χ0v) is 15.0. The summed E-state index contributed by atoms with van der Waals surface area (Å²) in [5, 5.41) is 4.08. The second-order valence-corrected chi connectivity index (χ2v) is 7.51. The zero-order chi connectivity index (χ0) is 18.4. The van der Waals surface area contributed by atoms with Crippen LogP contribution in [0.5, 0.6) is 0 Å². The predicted molar refractivity (Wildman–Crippen MR) is 95.6 cm³/mol. The van der Waals surface area contributed by atoms with Crippen LogP contribution in [0.4, 0.5) is 5.69 Å². The van der Waals surface area contributed by atoms with Gasteiger partial charge in [-0.25, -0.2) is 5.43 Å². The van der Waals surface area contributed by atoms with Crippen LogP contribution in [0, 0.1) is 11.3 Å². The Labute approximate surface area is 147 Å². The van der Waals surface area contributed by atoms with Crippen LogP contribution in [0.1, 0.15) is 50.0 Å². The molecule has 0 radical (unpaired) electrons. The van der Waals surface area contributed by atoms with E-state index in [0.717, 1.165) is 17.7 Å². The van der Waals surface area contributed by atoms with E-state index in [0.29, 0.717) is 24.2 Å². The van der Waals surface area contributed by atoms with E-state index in [1.807, 2.05) is 39.8 Å². The lowest BCUT2D eigenvalue weighted by atomic mass is 9.79. The quantitative estimate of drug-likeness (QED) is 0.677. The first-order valence-corrected chi connectivity index (χ1v) is 8.59. The number of anilines is 1. The molecule has 0 spiro atoms. The van der Waals surface area contributed by atoms with E-state index in [2.05, 4.69) is 10.5 Å². The molecule has 3 rings (SSSR count). The predicted octanol–water partition coefficient (Wildman–Crippen LogP) is 2.32. The molecule has 0 saturated heterocycles. The third-order valence-electron chi connectivity index (χ3n) is 4.72. The van der Waals surface area contributed by atoms with Crippen LogP contribution < -0.4 is 10.3 Å². The summed E-state index contributed by atoms with van der Waals surface area (Å²) in [7, 11) is 0. The molecule has 6 nitrogen and oxygen atoms in total. The molecule has 0 saturated carbocycles. The Hall–Kier alpha value is -2.50. The summed E-state index contributed by atoms with van der Waals surface area (Å²) in [6, 6.07) is 5.32. The van der Waals surface area contributed by atoms with Gasteiger partial charge in [0.1, 0.15) is 5.92 Å². The van der Waals surface area contributed by atoms with Crippen molar-refractivity contribution in [2.75, 3.05) is 11.4 Å². The van der Waals surface area contributed by atoms with Crippen molar-refractivity contribution in [3.63, 3.8) is 0 Å². The normalized spacial score (nSPS) is 19.5. The minimum absolute atomic E-state index is 0.0788. The first-order chi connectivity index (χ1) is 11.7. The largest absolute Gasteiger partial charge is 0.312 e. The third-order valence-corrected chi connectivity index (χ3v) is 4.72. The molecule has 2 heterocycles. The topological polar surface area (TPSA) is 78.8 Å². The lowest BCUT2D eigenvalue weighted by Gasteiger charge is -2.22. The fourth-order valence-electron chi connectivity index (χ4n) is 3.38. The molecular formula is C19H23N3O3. The highest BCUT2D eigenvalue weighted by molar-refractivity contribution is 6.28. The number of hydrogen-bond donors (Lipinski definition) is 1. The number of Topliss-reactive ketones (excluding diaryl/α,β-unsaturated/α-hetero) is 1. The van der Waals surface area contributed by atoms with Gasteiger partial charge in [0.15, 0.2) is 5.78 Å². The molecule has 2 aliphatic rings. The molecule has 1 unspecified atom stereocenters. The molecule has 0 fully saturated rings. The Balaban J connectivity index is 1.91. The third kappa shape index (κ3) is 2.97. The van der Waals surface area contributed by atoms with E-state index in [9.17, 15) is 14.4 Å². The summed E-state index contributed by atoms with van der Waals surface area (Å²) < 4.78 is 0. The molecule has 1 aromatic rings. The first kappa shape index (κ1) is 17.3. The van der Waals surface area contributed by atoms with Gasteiger partial charge in [0.25, 0.3) is 5.91 Å². The highest BCUT2D eigenvalue weighted by atomic mass is 16.2. The van der Waals surface area contributed by atoms with E-state index in [-0.39, 0.29) is 23.0 Å². The summed E-state index contributed by atoms with van der Waals surface area (Å²) in [5.74, 6) is -1.42. The smallest absolute Gasteiger partial charge is 0.256 e. The molecule has 25 heavy (non-hydrogen) atoms. The van der Waals surface area contributed by atoms with Gasteiger partial charge in [-0.05, 0) is 30.2 Å². The van der Waals surface area contributed by atoms with E-state index in [1.165, 1.54) is 0 Å². The monoisotopic (exact) mass is 341 g/mol. The maximum Gasteiger partial charge on any atom is 0.256 e. The number of hydrazone groups is 1. The van der Waals surface area contributed by atoms with E-state index < -0.39 is 5.92 Å². The van der Waals surface area contributed by atoms with Crippen LogP contribution in [-0.4, -0.2) is 29.9 Å². The molecule has 2 aliphatic heterocycles. The van der Waals surface area contributed by atoms with Crippen molar-refractivity contribution in [2.24, 2.45) is 16.4 Å². The first-order valence-electron chi connectivity index (χ1n) is 8.59. The van der Waals surface area contributed by atoms with Crippen molar-refractivity contribution >= 4 is 29.0 Å². The summed E-state index contributed by atoms with van der Waals surface area (Å²) in [4.78, 5) is 38.9. The SMILES string of the molecule is CCC(=O)N1CCc2cc(C(=O)C3C(=O)NN=C3C(C)(C)C)ccc21. The van der Waals surface area contributed by atoms with Gasteiger partial charge >= 0.3 is 0 Å². The number of fused-ring (bicyclic) bond motifs is 1. The number of nitrogens with zero attached hydrogens (tertiary/aromatic N) is 2. The fourth-order valence-corrected chi connectivity index (χ4v) is 3.38. The molecule has 1 atom stereocenters. The number of carbonyl (C=O) groups is 3. The molecule has 1 N–H and O–H groups in total. The van der Waals surface area contributed by atoms with Crippen LogP contribution in [0.25, 0.3) is 0 Å². The highest BCUT2D eigenvalue weighted by Gasteiger charge is 2.42. The summed E-state index contributed by atoms with van der Waals surface area (Å²) >= 11 is 0. The van der Waals surface area contributed by atoms with Gasteiger partial charge < -0.3 is 4.90 Å². The average molecular weight is 341 g/mol. The van der Waals surface area contributed by atoms with Crippen LogP contribution in [0.3, 0.4) is 0 Å². The van der Waals surface area contributed by atoms with Gasteiger partial charge in [0.05, 0.1) is 5.71 Å². The van der Waals surface area contributed by atoms with Crippen molar-refractivity contribution < 1.29 is 14.4 Å². The Morgan fingerprint density at radius 1 is 1.32 bits per heavy atom. The summed E-state index contributed by atoms with van der Waals surface area (Å²) in [6.45, 7) is 8.28. The lowest BCUT2D eigenvalue weighted by Crippen LogP contribution is -2.36. The van der Waals surface area contributed by atoms with Crippen LogP contribution in [-0.2, 0) is 16.0 Å². The minimum Gasteiger partial charge on any atom is -0.312 e. The van der Waals surface area contributed by atoms with Crippen LogP contribution in [0.15, 0.2) is 23.3 Å². The average Bonchev–Trinajstić information content (AvgIpc) is 3.16. The van der Waals surface area contributed by atoms with E-state index >= 15 is 0 Å². The number of hydrogen-bond acceptors (Lipinski definition) is 4. The lowest BCUT2D eigenvalue weighted by molar-refractivity contribution is -0.121. The van der Waals surface area contributed by atoms with E-state index in [1.54, 1.807) is 11.0 Å². The maximum atomic E-state index is 13.0. The summed E-state index contributed by atoms with van der Waals surface area (Å²) in [5.41, 5.74) is 4.95. The molecule has 0 bridgehead atoms. The number of carbonyl (C=O) groups excluding carboxylic acids is 3. The van der Waals surface area contributed by atoms with Crippen molar-refractivity contribution in [1.82, 2.24) is 5.43 Å². The number of amides is 2. The molecule has 2 amide bonds. The Morgan fingerprint density at radius 2 is 2.04 bits per heavy atom. The number of benzene rings is 1. The maximum absolute atomic E-state index is 13.0. The fraction of sp³-hybridized carbons (Fsp3) is 0.474. The minimum atomic E-state index is -0.882. The van der Waals surface area contributed by atoms with Gasteiger partial charge in [-0.2, -0.15) is 5.10 Å². The standard InChI is InChI=1S/C19H23N3O3/c1-5-14(23)22-9-8-11-10-12(6-7-13(11)22)16(24)15-17(19(2,3)4)20-21-18(15)25/h6-7,10,15H,5,8-9H2,1-4H3,(H,21,25). The second-order valence-electron chi connectivity index (χ2n) is 7.51. The molecule has 6 heteroatoms. The molecule has 0 aliphatic carbocycles. The number of nitrogens with one attached hydrogen (secondary N) is 1. The molecular weight excluding hydrogens is 318 g/mol. The Bertz CT molecular complexity index is 790. The van der Waals surface area contributed by atoms with Gasteiger partial charge in [0, 0.05) is 29.6 Å². The van der Waals surface area contributed by atoms with Crippen LogP contribution in [0.2, 0.25) is 0 Å². The van der Waals surface area contributed by atoms with Crippen molar-refractivity contribution in [1.29, 1.82) is 0 Å². The Morgan fingerprint density at radius 3 is 2.68 bits per heavy atom. The molecule has 132 valence electrons. The van der Waals surface area contributed by atoms with Gasteiger partial charge in [-0.3, -0.25) is 14.4 Å². The zero-order valence-electron chi connectivity index (χ0n) is 15.0. The Kier molecular flexibility index (Phi) is 4.22. The molecule has 0 aromatic heterocycles. The van der Waals surface area contributed by atoms with Crippen molar-refractivity contribution in [3.8, 4) is 0 Å². The number of rotatable bonds is 3. The second kappa shape index (κ2) is 6.10. The van der Waals surface area contributed by atoms with Crippen molar-refractivity contribution in [2.45, 2.75) is 40.5 Å². The van der Waals surface area contributed by atoms with Crippen LogP contribution >= 0.6 is 0 Å². The van der Waals surface area contributed by atoms with Crippen molar-refractivity contribution in [3.05, 3.63) is 29.3 Å². The summed E-state index contributed by atoms with van der Waals surface area (Å²) in [6.07, 6.45) is 1.17.